The molecule has 1 unspecified atom stereocenters. The molecule has 90 valence electrons. The second-order valence-corrected chi connectivity index (χ2v) is 4.71. The average Bonchev–Trinajstić information content (AvgIpc) is 2.61. The molecule has 16 heavy (non-hydrogen) atoms. The van der Waals surface area contributed by atoms with Crippen molar-refractivity contribution >= 4 is 23.5 Å². The van der Waals surface area contributed by atoms with Gasteiger partial charge in [-0.3, -0.25) is 9.48 Å². The molecule has 0 spiro atoms. The van der Waals surface area contributed by atoms with Crippen LogP contribution in [0.15, 0.2) is 12.3 Å². The van der Waals surface area contributed by atoms with Gasteiger partial charge in [0.25, 0.3) is 0 Å². The maximum Gasteiger partial charge on any atom is 0.241 e. The van der Waals surface area contributed by atoms with Crippen LogP contribution in [0.25, 0.3) is 0 Å². The highest BCUT2D eigenvalue weighted by Crippen LogP contribution is 2.02. The number of carbonyl (C=O) groups is 1. The number of nitrogens with one attached hydrogen (secondary N) is 1. The van der Waals surface area contributed by atoms with E-state index >= 15 is 0 Å². The fourth-order valence-corrected chi connectivity index (χ4v) is 1.99. The molecule has 0 bridgehead atoms. The van der Waals surface area contributed by atoms with Crippen LogP contribution < -0.4 is 11.1 Å². The molecule has 0 fully saturated rings. The fraction of sp³-hybridized carbons (Fsp3) is 0.600. The Hall–Kier alpha value is -1.17. The molecule has 0 saturated heterocycles. The number of carbonyl (C=O) groups excluding carboxylic acids is 1. The van der Waals surface area contributed by atoms with Gasteiger partial charge >= 0.3 is 0 Å². The lowest BCUT2D eigenvalue weighted by Gasteiger charge is -2.11. The quantitative estimate of drug-likeness (QED) is 0.765. The zero-order valence-corrected chi connectivity index (χ0v) is 10.5. The Morgan fingerprint density at radius 2 is 2.50 bits per heavy atom. The summed E-state index contributed by atoms with van der Waals surface area (Å²) in [5.41, 5.74) is 5.45. The first kappa shape index (κ1) is 12.9. The Bertz CT molecular complexity index is 339. The third kappa shape index (κ3) is 4.57. The van der Waals surface area contributed by atoms with E-state index in [2.05, 4.69) is 23.6 Å². The molecule has 1 atom stereocenters. The van der Waals surface area contributed by atoms with Gasteiger partial charge in [0.15, 0.2) is 0 Å². The normalized spacial score (nSPS) is 12.4. The fourth-order valence-electron chi connectivity index (χ4n) is 1.30. The third-order valence-electron chi connectivity index (χ3n) is 2.07. The van der Waals surface area contributed by atoms with E-state index in [9.17, 15) is 4.79 Å². The molecule has 0 saturated carbocycles. The SMILES string of the molecule is CSCC(C)CNC(=O)Cn1ccc(N)n1. The molecular weight excluding hydrogens is 224 g/mol. The summed E-state index contributed by atoms with van der Waals surface area (Å²) in [4.78, 5) is 11.5. The van der Waals surface area contributed by atoms with Crippen molar-refractivity contribution in [1.29, 1.82) is 0 Å². The van der Waals surface area contributed by atoms with Crippen LogP contribution in [0.2, 0.25) is 0 Å². The van der Waals surface area contributed by atoms with Crippen LogP contribution >= 0.6 is 11.8 Å². The van der Waals surface area contributed by atoms with Crippen molar-refractivity contribution in [2.45, 2.75) is 13.5 Å². The van der Waals surface area contributed by atoms with Gasteiger partial charge in [0.2, 0.25) is 5.91 Å². The van der Waals surface area contributed by atoms with E-state index in [-0.39, 0.29) is 12.5 Å². The number of amides is 1. The first-order chi connectivity index (χ1) is 7.61. The first-order valence-electron chi connectivity index (χ1n) is 5.16. The maximum atomic E-state index is 11.5. The standard InChI is InChI=1S/C10H18N4OS/c1-8(7-16-2)5-12-10(15)6-14-4-3-9(11)13-14/h3-4,8H,5-7H2,1-2H3,(H2,11,13)(H,12,15). The van der Waals surface area contributed by atoms with E-state index in [1.165, 1.54) is 4.68 Å². The van der Waals surface area contributed by atoms with E-state index in [4.69, 9.17) is 5.73 Å². The molecule has 6 heteroatoms. The van der Waals surface area contributed by atoms with Gasteiger partial charge in [-0.2, -0.15) is 16.9 Å². The van der Waals surface area contributed by atoms with E-state index in [1.807, 2.05) is 0 Å². The number of anilines is 1. The second-order valence-electron chi connectivity index (χ2n) is 3.80. The number of thioether (sulfide) groups is 1. The van der Waals surface area contributed by atoms with Crippen molar-refractivity contribution in [3.63, 3.8) is 0 Å². The van der Waals surface area contributed by atoms with E-state index in [1.54, 1.807) is 24.0 Å². The number of nitrogens with zero attached hydrogens (tertiary/aromatic N) is 2. The van der Waals surface area contributed by atoms with Gasteiger partial charge in [0.05, 0.1) is 0 Å². The minimum absolute atomic E-state index is 0.0314. The molecular formula is C10H18N4OS. The molecule has 1 aromatic heterocycles. The third-order valence-corrected chi connectivity index (χ3v) is 2.97. The van der Waals surface area contributed by atoms with Crippen molar-refractivity contribution in [3.8, 4) is 0 Å². The van der Waals surface area contributed by atoms with Crippen LogP contribution in [0.3, 0.4) is 0 Å². The summed E-state index contributed by atoms with van der Waals surface area (Å²) >= 11 is 1.78. The predicted molar refractivity (Wildman–Crippen MR) is 67.2 cm³/mol. The Balaban J connectivity index is 2.26. The molecule has 1 rings (SSSR count). The maximum absolute atomic E-state index is 11.5. The van der Waals surface area contributed by atoms with Crippen molar-refractivity contribution in [3.05, 3.63) is 12.3 Å². The lowest BCUT2D eigenvalue weighted by molar-refractivity contribution is -0.121. The molecule has 3 N–H and O–H groups in total. The summed E-state index contributed by atoms with van der Waals surface area (Å²) in [6.07, 6.45) is 3.76. The largest absolute Gasteiger partial charge is 0.382 e. The zero-order chi connectivity index (χ0) is 12.0. The highest BCUT2D eigenvalue weighted by Gasteiger charge is 2.06. The Kier molecular flexibility index (Phi) is 5.18. The second kappa shape index (κ2) is 6.42. The van der Waals surface area contributed by atoms with Crippen LogP contribution in [-0.4, -0.2) is 34.2 Å². The Morgan fingerprint density at radius 1 is 1.75 bits per heavy atom. The summed E-state index contributed by atoms with van der Waals surface area (Å²) in [5, 5.41) is 6.81. The van der Waals surface area contributed by atoms with Crippen molar-refractivity contribution in [1.82, 2.24) is 15.1 Å². The number of nitrogens with two attached hydrogens (primary N) is 1. The lowest BCUT2D eigenvalue weighted by atomic mass is 10.2. The number of aromatic nitrogens is 2. The van der Waals surface area contributed by atoms with Crippen molar-refractivity contribution in [2.75, 3.05) is 24.3 Å². The van der Waals surface area contributed by atoms with Gasteiger partial charge in [-0.05, 0) is 24.0 Å². The van der Waals surface area contributed by atoms with Crippen molar-refractivity contribution in [2.24, 2.45) is 5.92 Å². The van der Waals surface area contributed by atoms with E-state index < -0.39 is 0 Å². The van der Waals surface area contributed by atoms with Gasteiger partial charge in [-0.25, -0.2) is 0 Å². The van der Waals surface area contributed by atoms with Crippen LogP contribution in [0, 0.1) is 5.92 Å². The van der Waals surface area contributed by atoms with Crippen LogP contribution in [0.1, 0.15) is 6.92 Å². The summed E-state index contributed by atoms with van der Waals surface area (Å²) < 4.78 is 1.53. The van der Waals surface area contributed by atoms with Gasteiger partial charge in [-0.1, -0.05) is 6.92 Å². The minimum Gasteiger partial charge on any atom is -0.382 e. The molecule has 0 aromatic carbocycles. The molecule has 1 amide bonds. The van der Waals surface area contributed by atoms with Crippen LogP contribution in [0.4, 0.5) is 5.82 Å². The Labute approximate surface area is 99.8 Å². The molecule has 0 radical (unpaired) electrons. The van der Waals surface area contributed by atoms with Gasteiger partial charge in [0, 0.05) is 12.7 Å². The summed E-state index contributed by atoms with van der Waals surface area (Å²) in [6.45, 7) is 3.04. The average molecular weight is 242 g/mol. The number of nitrogen functional groups attached to an aromatic ring is 1. The zero-order valence-electron chi connectivity index (χ0n) is 9.64. The molecule has 1 aromatic rings. The van der Waals surface area contributed by atoms with Crippen LogP contribution in [-0.2, 0) is 11.3 Å². The molecule has 0 aliphatic carbocycles. The van der Waals surface area contributed by atoms with Gasteiger partial charge in [0.1, 0.15) is 12.4 Å². The van der Waals surface area contributed by atoms with Gasteiger partial charge < -0.3 is 11.1 Å². The topological polar surface area (TPSA) is 72.9 Å². The molecule has 0 aliphatic heterocycles. The minimum atomic E-state index is -0.0314. The first-order valence-corrected chi connectivity index (χ1v) is 6.55. The number of hydrogen-bond acceptors (Lipinski definition) is 4. The van der Waals surface area contributed by atoms with Crippen molar-refractivity contribution < 1.29 is 4.79 Å². The highest BCUT2D eigenvalue weighted by molar-refractivity contribution is 7.98. The molecule has 5 nitrogen and oxygen atoms in total. The molecule has 0 aliphatic rings. The highest BCUT2D eigenvalue weighted by atomic mass is 32.2. The van der Waals surface area contributed by atoms with E-state index in [0.29, 0.717) is 18.3 Å². The van der Waals surface area contributed by atoms with Gasteiger partial charge in [-0.15, -0.1) is 0 Å². The molecule has 1 heterocycles. The number of rotatable bonds is 6. The number of hydrogen-bond donors (Lipinski definition) is 2. The smallest absolute Gasteiger partial charge is 0.241 e. The summed E-state index contributed by atoms with van der Waals surface area (Å²) in [6, 6.07) is 1.67. The summed E-state index contributed by atoms with van der Waals surface area (Å²) in [7, 11) is 0. The predicted octanol–water partition coefficient (Wildman–Crippen LogP) is 0.581. The monoisotopic (exact) mass is 242 g/mol. The Morgan fingerprint density at radius 3 is 3.06 bits per heavy atom. The summed E-state index contributed by atoms with van der Waals surface area (Å²) in [5.74, 6) is 1.94. The van der Waals surface area contributed by atoms with Crippen LogP contribution in [0.5, 0.6) is 0 Å². The lowest BCUT2D eigenvalue weighted by Crippen LogP contribution is -2.32. The van der Waals surface area contributed by atoms with E-state index in [0.717, 1.165) is 5.75 Å².